The van der Waals surface area contributed by atoms with Gasteiger partial charge in [0.1, 0.15) is 5.60 Å². The Labute approximate surface area is 170 Å². The second kappa shape index (κ2) is 9.45. The largest absolute Gasteiger partial charge is 0.490 e. The van der Waals surface area contributed by atoms with Gasteiger partial charge in [0.2, 0.25) is 5.88 Å². The fourth-order valence-electron chi connectivity index (χ4n) is 3.34. The molecule has 2 aliphatic rings. The first-order chi connectivity index (χ1) is 14.0. The molecule has 3 heterocycles. The third-order valence-electron chi connectivity index (χ3n) is 4.84. The molecule has 8 nitrogen and oxygen atoms in total. The lowest BCUT2D eigenvalue weighted by Gasteiger charge is -2.50. The highest BCUT2D eigenvalue weighted by Crippen LogP contribution is 2.41. The monoisotopic (exact) mass is 437 g/mol. The minimum atomic E-state index is -5.08. The summed E-state index contributed by atoms with van der Waals surface area (Å²) in [6.07, 6.45) is -1.87. The molecular weight excluding hydrogens is 414 g/mol. The number of carbonyl (C=O) groups is 2. The summed E-state index contributed by atoms with van der Waals surface area (Å²) >= 11 is 0. The number of hydrogen-bond acceptors (Lipinski definition) is 5. The van der Waals surface area contributed by atoms with Crippen LogP contribution in [0.15, 0.2) is 18.3 Å². The van der Waals surface area contributed by atoms with Gasteiger partial charge in [-0.15, -0.1) is 0 Å². The van der Waals surface area contributed by atoms with Gasteiger partial charge >= 0.3 is 18.2 Å². The number of likely N-dealkylation sites (tertiary alicyclic amines) is 1. The molecule has 1 unspecified atom stereocenters. The maximum atomic E-state index is 13.5. The maximum Gasteiger partial charge on any atom is 0.490 e. The van der Waals surface area contributed by atoms with Gasteiger partial charge in [0.05, 0.1) is 19.7 Å². The Morgan fingerprint density at radius 3 is 2.57 bits per heavy atom. The molecule has 3 rings (SSSR count). The number of hydrogen-bond donors (Lipinski definition) is 1. The van der Waals surface area contributed by atoms with E-state index in [4.69, 9.17) is 19.4 Å². The SMILES string of the molecule is CN(C)C(=O)N1CC2(C1)OCCC2CCOc1ncccc1F.O=C(O)C(F)(F)F. The van der Waals surface area contributed by atoms with Crippen LogP contribution in [-0.4, -0.2) is 84.1 Å². The van der Waals surface area contributed by atoms with Crippen LogP contribution in [0.25, 0.3) is 0 Å². The number of halogens is 4. The molecule has 0 aliphatic carbocycles. The second-order valence-corrected chi connectivity index (χ2v) is 7.16. The molecule has 1 aromatic rings. The molecule has 2 saturated heterocycles. The molecular formula is C18H23F4N3O5. The fourth-order valence-corrected chi connectivity index (χ4v) is 3.34. The van der Waals surface area contributed by atoms with Crippen molar-refractivity contribution in [2.24, 2.45) is 5.92 Å². The smallest absolute Gasteiger partial charge is 0.476 e. The number of urea groups is 1. The molecule has 2 amide bonds. The first-order valence-electron chi connectivity index (χ1n) is 9.10. The Morgan fingerprint density at radius 2 is 2.03 bits per heavy atom. The number of aromatic nitrogens is 1. The van der Waals surface area contributed by atoms with Crippen molar-refractivity contribution in [3.05, 3.63) is 24.1 Å². The third-order valence-corrected chi connectivity index (χ3v) is 4.84. The predicted octanol–water partition coefficient (Wildman–Crippen LogP) is 2.40. The molecule has 0 radical (unpaired) electrons. The number of carbonyl (C=O) groups excluding carboxylic acids is 1. The highest BCUT2D eigenvalue weighted by molar-refractivity contribution is 5.75. The number of carboxylic acids is 1. The Hall–Kier alpha value is -2.63. The summed E-state index contributed by atoms with van der Waals surface area (Å²) in [6, 6.07) is 2.88. The van der Waals surface area contributed by atoms with Gasteiger partial charge in [-0.1, -0.05) is 0 Å². The van der Waals surface area contributed by atoms with Gasteiger partial charge in [0.15, 0.2) is 5.82 Å². The van der Waals surface area contributed by atoms with Crippen LogP contribution in [-0.2, 0) is 9.53 Å². The van der Waals surface area contributed by atoms with E-state index >= 15 is 0 Å². The van der Waals surface area contributed by atoms with Crippen LogP contribution in [0.3, 0.4) is 0 Å². The first kappa shape index (κ1) is 23.6. The maximum absolute atomic E-state index is 13.5. The number of ether oxygens (including phenoxy) is 2. The van der Waals surface area contributed by atoms with Crippen molar-refractivity contribution in [3.8, 4) is 5.88 Å². The number of aliphatic carboxylic acids is 1. The van der Waals surface area contributed by atoms with Crippen LogP contribution >= 0.6 is 0 Å². The fraction of sp³-hybridized carbons (Fsp3) is 0.611. The topological polar surface area (TPSA) is 92.2 Å². The van der Waals surface area contributed by atoms with Crippen LogP contribution in [0.4, 0.5) is 22.4 Å². The van der Waals surface area contributed by atoms with E-state index in [0.717, 1.165) is 12.8 Å². The molecule has 0 saturated carbocycles. The molecule has 0 bridgehead atoms. The summed E-state index contributed by atoms with van der Waals surface area (Å²) in [7, 11) is 3.49. The van der Waals surface area contributed by atoms with E-state index in [1.54, 1.807) is 23.9 Å². The quantitative estimate of drug-likeness (QED) is 0.728. The Morgan fingerprint density at radius 1 is 1.40 bits per heavy atom. The Balaban J connectivity index is 0.000000396. The van der Waals surface area contributed by atoms with Gasteiger partial charge in [-0.05, 0) is 30.9 Å². The van der Waals surface area contributed by atoms with Crippen LogP contribution < -0.4 is 4.74 Å². The van der Waals surface area contributed by atoms with Gasteiger partial charge in [-0.25, -0.2) is 19.0 Å². The van der Waals surface area contributed by atoms with Gasteiger partial charge in [-0.2, -0.15) is 13.2 Å². The van der Waals surface area contributed by atoms with Gasteiger partial charge in [0, 0.05) is 26.9 Å². The van der Waals surface area contributed by atoms with E-state index in [1.165, 1.54) is 18.3 Å². The number of rotatable bonds is 4. The van der Waals surface area contributed by atoms with Crippen LogP contribution in [0.1, 0.15) is 12.8 Å². The van der Waals surface area contributed by atoms with E-state index in [9.17, 15) is 22.4 Å². The summed E-state index contributed by atoms with van der Waals surface area (Å²) in [4.78, 5) is 28.1. The lowest BCUT2D eigenvalue weighted by atomic mass is 9.79. The molecule has 1 N–H and O–H groups in total. The summed E-state index contributed by atoms with van der Waals surface area (Å²) in [5.41, 5.74) is -0.252. The molecule has 1 spiro atoms. The molecule has 0 aromatic carbocycles. The molecule has 12 heteroatoms. The van der Waals surface area contributed by atoms with Crippen LogP contribution in [0.2, 0.25) is 0 Å². The standard InChI is InChI=1S/C16H22FN3O3.C2HF3O2/c1-19(2)15(21)20-10-16(11-20)12(6-9-23-16)5-8-22-14-13(17)4-3-7-18-14;3-2(4,5)1(6)7/h3-4,7,12H,5-6,8-11H2,1-2H3;(H,6,7). The predicted molar refractivity (Wildman–Crippen MR) is 95.4 cm³/mol. The van der Waals surface area contributed by atoms with Crippen molar-refractivity contribution in [1.82, 2.24) is 14.8 Å². The second-order valence-electron chi connectivity index (χ2n) is 7.16. The van der Waals surface area contributed by atoms with Crippen molar-refractivity contribution in [2.75, 3.05) is 40.4 Å². The minimum absolute atomic E-state index is 0.0108. The van der Waals surface area contributed by atoms with Crippen molar-refractivity contribution in [1.29, 1.82) is 0 Å². The number of amides is 2. The molecule has 1 aromatic heterocycles. The average Bonchev–Trinajstić information content (AvgIpc) is 3.05. The highest BCUT2D eigenvalue weighted by Gasteiger charge is 2.54. The van der Waals surface area contributed by atoms with Crippen molar-refractivity contribution in [2.45, 2.75) is 24.6 Å². The van der Waals surface area contributed by atoms with Gasteiger partial charge in [0.25, 0.3) is 0 Å². The Kier molecular flexibility index (Phi) is 7.45. The minimum Gasteiger partial charge on any atom is -0.476 e. The van der Waals surface area contributed by atoms with Crippen LogP contribution in [0, 0.1) is 11.7 Å². The summed E-state index contributed by atoms with van der Waals surface area (Å²) in [5.74, 6) is -2.84. The van der Waals surface area contributed by atoms with Crippen molar-refractivity contribution < 1.29 is 41.7 Å². The van der Waals surface area contributed by atoms with Crippen molar-refractivity contribution in [3.63, 3.8) is 0 Å². The molecule has 1 atom stereocenters. The zero-order valence-electron chi connectivity index (χ0n) is 16.5. The molecule has 30 heavy (non-hydrogen) atoms. The van der Waals surface area contributed by atoms with Crippen molar-refractivity contribution >= 4 is 12.0 Å². The normalized spacial score (nSPS) is 19.5. The van der Waals surface area contributed by atoms with E-state index in [2.05, 4.69) is 4.98 Å². The summed E-state index contributed by atoms with van der Waals surface area (Å²) < 4.78 is 56.6. The van der Waals surface area contributed by atoms with E-state index in [1.807, 2.05) is 0 Å². The number of alkyl halides is 3. The lowest BCUT2D eigenvalue weighted by Crippen LogP contribution is -2.67. The first-order valence-corrected chi connectivity index (χ1v) is 9.10. The molecule has 168 valence electrons. The number of nitrogens with zero attached hydrogens (tertiary/aromatic N) is 3. The zero-order valence-corrected chi connectivity index (χ0v) is 16.5. The van der Waals surface area contributed by atoms with Gasteiger partial charge in [-0.3, -0.25) is 0 Å². The van der Waals surface area contributed by atoms with E-state index < -0.39 is 18.0 Å². The zero-order chi connectivity index (χ0) is 22.5. The third kappa shape index (κ3) is 5.71. The lowest BCUT2D eigenvalue weighted by molar-refractivity contribution is -0.192. The summed E-state index contributed by atoms with van der Waals surface area (Å²) in [6.45, 7) is 2.33. The highest BCUT2D eigenvalue weighted by atomic mass is 19.4. The average molecular weight is 437 g/mol. The molecule has 2 aliphatic heterocycles. The van der Waals surface area contributed by atoms with Gasteiger partial charge < -0.3 is 24.4 Å². The number of carboxylic acid groups (broad SMARTS) is 1. The molecule has 2 fully saturated rings. The Bertz CT molecular complexity index is 754. The van der Waals surface area contributed by atoms with E-state index in [-0.39, 0.29) is 17.5 Å². The number of pyridine rings is 1. The summed E-state index contributed by atoms with van der Waals surface area (Å²) in [5, 5.41) is 7.12. The van der Waals surface area contributed by atoms with Crippen LogP contribution in [0.5, 0.6) is 5.88 Å². The van der Waals surface area contributed by atoms with E-state index in [0.29, 0.717) is 32.2 Å².